The molecule has 128 valence electrons. The molecule has 0 amide bonds. The Morgan fingerprint density at radius 3 is 2.82 bits per heavy atom. The Balaban J connectivity index is 1.89. The van der Waals surface area contributed by atoms with Crippen LogP contribution in [-0.2, 0) is 9.47 Å². The molecular formula is C19H34O3. The molecule has 2 saturated heterocycles. The Hall–Kier alpha value is -0.380. The predicted molar refractivity (Wildman–Crippen MR) is 89.6 cm³/mol. The maximum Gasteiger partial charge on any atom is 0.169 e. The van der Waals surface area contributed by atoms with Crippen molar-refractivity contribution in [2.24, 2.45) is 11.8 Å². The zero-order valence-corrected chi connectivity index (χ0v) is 14.4. The quantitative estimate of drug-likeness (QED) is 0.706. The summed E-state index contributed by atoms with van der Waals surface area (Å²) in [6.45, 7) is 8.60. The highest BCUT2D eigenvalue weighted by atomic mass is 16.7. The van der Waals surface area contributed by atoms with Crippen LogP contribution < -0.4 is 0 Å². The molecule has 0 aromatic carbocycles. The van der Waals surface area contributed by atoms with Crippen molar-refractivity contribution in [1.82, 2.24) is 0 Å². The lowest BCUT2D eigenvalue weighted by molar-refractivity contribution is -0.324. The predicted octanol–water partition coefficient (Wildman–Crippen LogP) is 4.44. The van der Waals surface area contributed by atoms with Gasteiger partial charge in [0, 0.05) is 19.4 Å². The Kier molecular flexibility index (Phi) is 6.91. The van der Waals surface area contributed by atoms with Gasteiger partial charge < -0.3 is 14.6 Å². The molecule has 0 bridgehead atoms. The molecule has 0 aromatic rings. The summed E-state index contributed by atoms with van der Waals surface area (Å²) in [5.41, 5.74) is 0. The van der Waals surface area contributed by atoms with Crippen molar-refractivity contribution < 1.29 is 14.6 Å². The van der Waals surface area contributed by atoms with Gasteiger partial charge in [-0.1, -0.05) is 19.9 Å². The molecule has 5 atom stereocenters. The van der Waals surface area contributed by atoms with Gasteiger partial charge in [-0.15, -0.1) is 6.58 Å². The summed E-state index contributed by atoms with van der Waals surface area (Å²) in [6.07, 6.45) is 12.2. The third kappa shape index (κ3) is 4.81. The summed E-state index contributed by atoms with van der Waals surface area (Å²) in [7, 11) is 0. The molecule has 22 heavy (non-hydrogen) atoms. The van der Waals surface area contributed by atoms with E-state index in [9.17, 15) is 0 Å². The van der Waals surface area contributed by atoms with Gasteiger partial charge in [0.15, 0.2) is 5.79 Å². The molecule has 2 aliphatic rings. The number of allylic oxidation sites excluding steroid dienone is 1. The van der Waals surface area contributed by atoms with Gasteiger partial charge in [0.2, 0.25) is 0 Å². The van der Waals surface area contributed by atoms with E-state index in [1.54, 1.807) is 0 Å². The lowest BCUT2D eigenvalue weighted by Gasteiger charge is -2.48. The molecule has 2 fully saturated rings. The number of hydrogen-bond acceptors (Lipinski definition) is 3. The largest absolute Gasteiger partial charge is 0.396 e. The second kappa shape index (κ2) is 8.47. The smallest absolute Gasteiger partial charge is 0.169 e. The molecule has 0 aromatic heterocycles. The van der Waals surface area contributed by atoms with Gasteiger partial charge in [-0.2, -0.15) is 0 Å². The summed E-state index contributed by atoms with van der Waals surface area (Å²) in [6, 6.07) is 0. The van der Waals surface area contributed by atoms with Crippen molar-refractivity contribution in [3.8, 4) is 0 Å². The first-order valence-electron chi connectivity index (χ1n) is 9.17. The fourth-order valence-electron chi connectivity index (χ4n) is 3.78. The number of aliphatic hydroxyl groups is 1. The summed E-state index contributed by atoms with van der Waals surface area (Å²) in [4.78, 5) is 0. The van der Waals surface area contributed by atoms with Crippen LogP contribution in [0.25, 0.3) is 0 Å². The van der Waals surface area contributed by atoms with E-state index in [0.717, 1.165) is 44.9 Å². The lowest BCUT2D eigenvalue weighted by atomic mass is 9.85. The third-order valence-electron chi connectivity index (χ3n) is 5.44. The van der Waals surface area contributed by atoms with E-state index in [-0.39, 0.29) is 18.5 Å². The lowest BCUT2D eigenvalue weighted by Crippen LogP contribution is -2.50. The molecule has 3 heteroatoms. The van der Waals surface area contributed by atoms with Crippen LogP contribution in [0.2, 0.25) is 0 Å². The van der Waals surface area contributed by atoms with E-state index in [2.05, 4.69) is 20.4 Å². The fraction of sp³-hybridized carbons (Fsp3) is 0.895. The summed E-state index contributed by atoms with van der Waals surface area (Å²) in [5.74, 6) is 0.792. The molecule has 5 unspecified atom stereocenters. The zero-order valence-electron chi connectivity index (χ0n) is 14.4. The number of rotatable bonds is 7. The molecule has 0 radical (unpaired) electrons. The van der Waals surface area contributed by atoms with Gasteiger partial charge in [-0.3, -0.25) is 0 Å². The minimum atomic E-state index is -0.340. The third-order valence-corrected chi connectivity index (χ3v) is 5.44. The second-order valence-corrected chi connectivity index (χ2v) is 7.37. The maximum absolute atomic E-state index is 9.08. The molecule has 3 nitrogen and oxygen atoms in total. The van der Waals surface area contributed by atoms with Crippen LogP contribution in [0.5, 0.6) is 0 Å². The first-order chi connectivity index (χ1) is 10.6. The fourth-order valence-corrected chi connectivity index (χ4v) is 3.78. The zero-order chi connectivity index (χ0) is 16.0. The summed E-state index contributed by atoms with van der Waals surface area (Å²) in [5, 5.41) is 9.08. The van der Waals surface area contributed by atoms with Crippen LogP contribution in [0.15, 0.2) is 12.7 Å². The van der Waals surface area contributed by atoms with Crippen LogP contribution in [0.1, 0.15) is 71.6 Å². The topological polar surface area (TPSA) is 38.7 Å². The van der Waals surface area contributed by atoms with Gasteiger partial charge in [0.1, 0.15) is 0 Å². The first kappa shape index (κ1) is 18.0. The van der Waals surface area contributed by atoms with Crippen molar-refractivity contribution in [3.05, 3.63) is 12.7 Å². The standard InChI is InChI=1S/C19H34O3/c1-4-15(2)9-10-17-7-5-12-19(21-17)13-11-16(3)18(22-19)8-6-14-20/h4,15-18,20H,1,5-14H2,2-3H3. The van der Waals surface area contributed by atoms with Gasteiger partial charge in [0.05, 0.1) is 12.2 Å². The maximum atomic E-state index is 9.08. The molecule has 2 heterocycles. The van der Waals surface area contributed by atoms with Crippen molar-refractivity contribution in [2.45, 2.75) is 89.6 Å². The van der Waals surface area contributed by atoms with Gasteiger partial charge in [0.25, 0.3) is 0 Å². The summed E-state index contributed by atoms with van der Waals surface area (Å²) < 4.78 is 12.9. The number of aliphatic hydroxyl groups excluding tert-OH is 1. The van der Waals surface area contributed by atoms with E-state index in [4.69, 9.17) is 14.6 Å². The Morgan fingerprint density at radius 1 is 1.27 bits per heavy atom. The van der Waals surface area contributed by atoms with Crippen LogP contribution in [-0.4, -0.2) is 29.7 Å². The van der Waals surface area contributed by atoms with Crippen LogP contribution in [0.3, 0.4) is 0 Å². The normalized spacial score (nSPS) is 37.1. The molecule has 2 rings (SSSR count). The van der Waals surface area contributed by atoms with Crippen molar-refractivity contribution in [2.75, 3.05) is 6.61 Å². The number of ether oxygens (including phenoxy) is 2. The van der Waals surface area contributed by atoms with E-state index >= 15 is 0 Å². The second-order valence-electron chi connectivity index (χ2n) is 7.37. The van der Waals surface area contributed by atoms with Gasteiger partial charge in [-0.05, 0) is 56.8 Å². The van der Waals surface area contributed by atoms with Crippen LogP contribution >= 0.6 is 0 Å². The Morgan fingerprint density at radius 2 is 2.09 bits per heavy atom. The molecular weight excluding hydrogens is 276 g/mol. The molecule has 1 N–H and O–H groups in total. The van der Waals surface area contributed by atoms with E-state index < -0.39 is 0 Å². The Labute approximate surface area is 136 Å². The monoisotopic (exact) mass is 310 g/mol. The molecule has 0 aliphatic carbocycles. The van der Waals surface area contributed by atoms with Crippen molar-refractivity contribution >= 4 is 0 Å². The van der Waals surface area contributed by atoms with Crippen molar-refractivity contribution in [3.63, 3.8) is 0 Å². The highest BCUT2D eigenvalue weighted by molar-refractivity contribution is 4.87. The number of hydrogen-bond donors (Lipinski definition) is 1. The average molecular weight is 310 g/mol. The van der Waals surface area contributed by atoms with Crippen LogP contribution in [0.4, 0.5) is 0 Å². The molecule has 0 saturated carbocycles. The van der Waals surface area contributed by atoms with Gasteiger partial charge in [-0.25, -0.2) is 0 Å². The SMILES string of the molecule is C=CC(C)CCC1CCCC2(CCC(C)C(CCCO)O2)O1. The van der Waals surface area contributed by atoms with Gasteiger partial charge >= 0.3 is 0 Å². The van der Waals surface area contributed by atoms with E-state index in [0.29, 0.717) is 17.9 Å². The minimum absolute atomic E-state index is 0.242. The highest BCUT2D eigenvalue weighted by Gasteiger charge is 2.44. The van der Waals surface area contributed by atoms with E-state index in [1.165, 1.54) is 12.8 Å². The van der Waals surface area contributed by atoms with Crippen molar-refractivity contribution in [1.29, 1.82) is 0 Å². The molecule has 1 spiro atoms. The average Bonchev–Trinajstić information content (AvgIpc) is 2.54. The minimum Gasteiger partial charge on any atom is -0.396 e. The first-order valence-corrected chi connectivity index (χ1v) is 9.17. The highest BCUT2D eigenvalue weighted by Crippen LogP contribution is 2.42. The summed E-state index contributed by atoms with van der Waals surface area (Å²) >= 11 is 0. The van der Waals surface area contributed by atoms with E-state index in [1.807, 2.05) is 6.08 Å². The van der Waals surface area contributed by atoms with Crippen LogP contribution in [0, 0.1) is 11.8 Å². The Bertz CT molecular complexity index is 344. The molecule has 2 aliphatic heterocycles.